The largest absolute Gasteiger partial charge is 0.508 e. The molecule has 0 saturated heterocycles. The Hall–Kier alpha value is -4.38. The van der Waals surface area contributed by atoms with Gasteiger partial charge in [0.25, 0.3) is 0 Å². The predicted molar refractivity (Wildman–Crippen MR) is 141 cm³/mol. The van der Waals surface area contributed by atoms with Gasteiger partial charge in [-0.3, -0.25) is 14.4 Å². The van der Waals surface area contributed by atoms with Crippen LogP contribution in [0.3, 0.4) is 0 Å². The highest BCUT2D eigenvalue weighted by atomic mass is 16.4. The smallest absolute Gasteiger partial charge is 0.326 e. The molecule has 0 aliphatic rings. The average molecular weight is 524 g/mol. The molecule has 0 saturated carbocycles. The lowest BCUT2D eigenvalue weighted by Gasteiger charge is -2.22. The summed E-state index contributed by atoms with van der Waals surface area (Å²) in [5.41, 5.74) is 8.00. The first-order valence-electron chi connectivity index (χ1n) is 12.2. The lowest BCUT2D eigenvalue weighted by atomic mass is 10.0. The molecule has 1 aromatic heterocycles. The van der Waals surface area contributed by atoms with Crippen molar-refractivity contribution in [1.29, 1.82) is 0 Å². The van der Waals surface area contributed by atoms with Gasteiger partial charge in [-0.05, 0) is 35.2 Å². The molecule has 11 heteroatoms. The summed E-state index contributed by atoms with van der Waals surface area (Å²) in [7, 11) is 0. The summed E-state index contributed by atoms with van der Waals surface area (Å²) in [6, 6.07) is 10.2. The summed E-state index contributed by atoms with van der Waals surface area (Å²) in [6.07, 6.45) is 1.77. The first-order valence-corrected chi connectivity index (χ1v) is 12.2. The van der Waals surface area contributed by atoms with Crippen LogP contribution in [-0.4, -0.2) is 63.6 Å². The van der Waals surface area contributed by atoms with E-state index >= 15 is 0 Å². The van der Waals surface area contributed by atoms with Crippen LogP contribution >= 0.6 is 0 Å². The number of carboxylic acid groups (broad SMARTS) is 1. The second-order valence-electron chi connectivity index (χ2n) is 9.44. The molecule has 3 rings (SSSR count). The lowest BCUT2D eigenvalue weighted by Crippen LogP contribution is -2.55. The van der Waals surface area contributed by atoms with Gasteiger partial charge in [0.15, 0.2) is 0 Å². The number of rotatable bonds is 12. The summed E-state index contributed by atoms with van der Waals surface area (Å²) in [6.45, 7) is 3.17. The Morgan fingerprint density at radius 2 is 1.61 bits per heavy atom. The fourth-order valence-electron chi connectivity index (χ4n) is 3.90. The number of carbonyl (C=O) groups excluding carboxylic acids is 3. The molecule has 0 radical (unpaired) electrons. The number of amides is 3. The predicted octanol–water partition coefficient (Wildman–Crippen LogP) is 0.812. The van der Waals surface area contributed by atoms with E-state index in [-0.39, 0.29) is 24.5 Å². The maximum absolute atomic E-state index is 13.3. The number of hydrogen-bond donors (Lipinski definition) is 7. The quantitative estimate of drug-likeness (QED) is 0.183. The second kappa shape index (κ2) is 12.7. The maximum Gasteiger partial charge on any atom is 0.326 e. The molecule has 0 fully saturated rings. The number of aromatic hydroxyl groups is 1. The minimum absolute atomic E-state index is 0.0295. The van der Waals surface area contributed by atoms with E-state index in [1.807, 2.05) is 24.3 Å². The van der Waals surface area contributed by atoms with Crippen LogP contribution in [0.15, 0.2) is 54.7 Å². The Balaban J connectivity index is 1.76. The SMILES string of the molecule is CC(C)C(N)C(=O)NCC(=O)NC(Cc1c[nH]c2ccccc12)C(=O)NC(Cc1ccc(O)cc1)C(=O)O. The van der Waals surface area contributed by atoms with Crippen molar-refractivity contribution in [1.82, 2.24) is 20.9 Å². The molecule has 3 aromatic rings. The van der Waals surface area contributed by atoms with E-state index in [0.29, 0.717) is 5.56 Å². The van der Waals surface area contributed by atoms with Gasteiger partial charge in [0.1, 0.15) is 17.8 Å². The van der Waals surface area contributed by atoms with E-state index in [1.165, 1.54) is 12.1 Å². The number of aromatic amines is 1. The number of aromatic nitrogens is 1. The van der Waals surface area contributed by atoms with Crippen molar-refractivity contribution in [3.8, 4) is 5.75 Å². The molecule has 0 aliphatic carbocycles. The second-order valence-corrected chi connectivity index (χ2v) is 9.44. The van der Waals surface area contributed by atoms with Gasteiger partial charge in [-0.25, -0.2) is 4.79 Å². The van der Waals surface area contributed by atoms with Gasteiger partial charge in [-0.2, -0.15) is 0 Å². The standard InChI is InChI=1S/C27H33N5O6/c1-15(2)24(28)26(36)30-14-23(34)31-21(12-17-13-29-20-6-4-3-5-19(17)20)25(35)32-22(27(37)38)11-16-7-9-18(33)10-8-16/h3-10,13,15,21-22,24,29,33H,11-12,14,28H2,1-2H3,(H,30,36)(H,31,34)(H,32,35)(H,37,38). The molecular formula is C27H33N5O6. The summed E-state index contributed by atoms with van der Waals surface area (Å²) in [4.78, 5) is 53.2. The Kier molecular flexibility index (Phi) is 9.44. The molecule has 11 nitrogen and oxygen atoms in total. The monoisotopic (exact) mass is 523 g/mol. The number of hydrogen-bond acceptors (Lipinski definition) is 6. The van der Waals surface area contributed by atoms with Crippen LogP contribution < -0.4 is 21.7 Å². The number of fused-ring (bicyclic) bond motifs is 1. The number of para-hydroxylation sites is 1. The van der Waals surface area contributed by atoms with Crippen molar-refractivity contribution in [2.45, 2.75) is 44.8 Å². The third kappa shape index (κ3) is 7.56. The van der Waals surface area contributed by atoms with E-state index in [9.17, 15) is 29.4 Å². The zero-order chi connectivity index (χ0) is 27.8. The fraction of sp³-hybridized carbons (Fsp3) is 0.333. The number of nitrogens with two attached hydrogens (primary N) is 1. The van der Waals surface area contributed by atoms with E-state index < -0.39 is 48.4 Å². The van der Waals surface area contributed by atoms with E-state index in [0.717, 1.165) is 16.5 Å². The minimum Gasteiger partial charge on any atom is -0.508 e. The lowest BCUT2D eigenvalue weighted by molar-refractivity contribution is -0.142. The van der Waals surface area contributed by atoms with E-state index in [4.69, 9.17) is 5.73 Å². The van der Waals surface area contributed by atoms with E-state index in [2.05, 4.69) is 20.9 Å². The van der Waals surface area contributed by atoms with Crippen LogP contribution in [-0.2, 0) is 32.0 Å². The number of nitrogens with one attached hydrogen (secondary N) is 4. The van der Waals surface area contributed by atoms with Crippen molar-refractivity contribution >= 4 is 34.6 Å². The Bertz CT molecular complexity index is 1290. The van der Waals surface area contributed by atoms with Crippen LogP contribution in [0.4, 0.5) is 0 Å². The van der Waals surface area contributed by atoms with Crippen molar-refractivity contribution < 1.29 is 29.4 Å². The number of phenols is 1. The Morgan fingerprint density at radius 1 is 0.921 bits per heavy atom. The molecule has 38 heavy (non-hydrogen) atoms. The number of carboxylic acids is 1. The maximum atomic E-state index is 13.3. The number of H-pyrrole nitrogens is 1. The zero-order valence-electron chi connectivity index (χ0n) is 21.2. The molecule has 3 atom stereocenters. The summed E-state index contributed by atoms with van der Waals surface area (Å²) >= 11 is 0. The van der Waals surface area contributed by atoms with E-state index in [1.54, 1.807) is 32.2 Å². The molecule has 0 spiro atoms. The minimum atomic E-state index is -1.28. The summed E-state index contributed by atoms with van der Waals surface area (Å²) in [5.74, 6) is -3.15. The molecule has 0 bridgehead atoms. The first-order chi connectivity index (χ1) is 18.0. The number of phenolic OH excluding ortho intramolecular Hbond substituents is 1. The van der Waals surface area contributed by atoms with Gasteiger partial charge in [0.2, 0.25) is 17.7 Å². The third-order valence-electron chi connectivity index (χ3n) is 6.19. The van der Waals surface area contributed by atoms with Gasteiger partial charge in [0, 0.05) is 29.9 Å². The van der Waals surface area contributed by atoms with Crippen LogP contribution in [0.1, 0.15) is 25.0 Å². The van der Waals surface area contributed by atoms with Crippen molar-refractivity contribution in [2.75, 3.05) is 6.54 Å². The van der Waals surface area contributed by atoms with Gasteiger partial charge in [0.05, 0.1) is 12.6 Å². The number of benzene rings is 2. The zero-order valence-corrected chi connectivity index (χ0v) is 21.2. The molecular weight excluding hydrogens is 490 g/mol. The van der Waals surface area contributed by atoms with Crippen LogP contribution in [0.25, 0.3) is 10.9 Å². The third-order valence-corrected chi connectivity index (χ3v) is 6.19. The average Bonchev–Trinajstić information content (AvgIpc) is 3.29. The highest BCUT2D eigenvalue weighted by Gasteiger charge is 2.28. The fourth-order valence-corrected chi connectivity index (χ4v) is 3.90. The van der Waals surface area contributed by atoms with Crippen molar-refractivity contribution in [3.63, 3.8) is 0 Å². The van der Waals surface area contributed by atoms with Crippen LogP contribution in [0.5, 0.6) is 5.75 Å². The summed E-state index contributed by atoms with van der Waals surface area (Å²) in [5, 5.41) is 27.6. The van der Waals surface area contributed by atoms with Crippen molar-refractivity contribution in [3.05, 3.63) is 65.9 Å². The number of carbonyl (C=O) groups is 4. The molecule has 3 unspecified atom stereocenters. The molecule has 2 aromatic carbocycles. The molecule has 0 aliphatic heterocycles. The first kappa shape index (κ1) is 28.2. The van der Waals surface area contributed by atoms with Crippen molar-refractivity contribution in [2.24, 2.45) is 11.7 Å². The van der Waals surface area contributed by atoms with Gasteiger partial charge < -0.3 is 36.9 Å². The van der Waals surface area contributed by atoms with Crippen LogP contribution in [0, 0.1) is 5.92 Å². The number of aliphatic carboxylic acids is 1. The molecule has 8 N–H and O–H groups in total. The Labute approximate surface area is 219 Å². The van der Waals surface area contributed by atoms with Crippen LogP contribution in [0.2, 0.25) is 0 Å². The highest BCUT2D eigenvalue weighted by molar-refractivity contribution is 5.93. The normalized spacial score (nSPS) is 13.5. The van der Waals surface area contributed by atoms with Gasteiger partial charge in [-0.1, -0.05) is 44.2 Å². The molecule has 1 heterocycles. The molecule has 3 amide bonds. The molecule has 202 valence electrons. The topological polar surface area (TPSA) is 187 Å². The highest BCUT2D eigenvalue weighted by Crippen LogP contribution is 2.19. The van der Waals surface area contributed by atoms with Gasteiger partial charge in [-0.15, -0.1) is 0 Å². The van der Waals surface area contributed by atoms with Gasteiger partial charge >= 0.3 is 5.97 Å². The summed E-state index contributed by atoms with van der Waals surface area (Å²) < 4.78 is 0. The Morgan fingerprint density at radius 3 is 2.26 bits per heavy atom.